The van der Waals surface area contributed by atoms with Gasteiger partial charge in [-0.25, -0.2) is 0 Å². The number of nitrogens with zero attached hydrogens (tertiary/aromatic N) is 2. The molecule has 3 heteroatoms. The molecule has 2 nitrogen and oxygen atoms in total. The Bertz CT molecular complexity index is 2530. The van der Waals surface area contributed by atoms with Crippen LogP contribution in [0.25, 0.3) is 20.2 Å². The van der Waals surface area contributed by atoms with Crippen LogP contribution in [0.3, 0.4) is 0 Å². The van der Waals surface area contributed by atoms with Gasteiger partial charge in [-0.2, -0.15) is 0 Å². The molecule has 55 heavy (non-hydrogen) atoms. The van der Waals surface area contributed by atoms with Gasteiger partial charge in [0.2, 0.25) is 0 Å². The summed E-state index contributed by atoms with van der Waals surface area (Å²) in [5.41, 5.74) is 10.2. The van der Waals surface area contributed by atoms with Gasteiger partial charge < -0.3 is 9.80 Å². The summed E-state index contributed by atoms with van der Waals surface area (Å²) in [4.78, 5) is 4.86. The largest absolute Gasteiger partial charge is 0.311 e. The van der Waals surface area contributed by atoms with Crippen LogP contribution in [0.5, 0.6) is 0 Å². The van der Waals surface area contributed by atoms with Crippen molar-refractivity contribution in [2.24, 2.45) is 23.7 Å². The molecule has 8 aromatic rings. The van der Waals surface area contributed by atoms with Gasteiger partial charge in [0.15, 0.2) is 0 Å². The maximum atomic E-state index is 2.51. The van der Waals surface area contributed by atoms with Gasteiger partial charge in [0.05, 0.1) is 5.69 Å². The molecule has 0 radical (unpaired) electrons. The van der Waals surface area contributed by atoms with Gasteiger partial charge >= 0.3 is 0 Å². The fourth-order valence-electron chi connectivity index (χ4n) is 11.4. The van der Waals surface area contributed by atoms with Gasteiger partial charge in [-0.3, -0.25) is 0 Å². The third kappa shape index (κ3) is 5.35. The monoisotopic (exact) mass is 728 g/mol. The lowest BCUT2D eigenvalue weighted by atomic mass is 9.42. The molecular weight excluding hydrogens is 685 g/mol. The van der Waals surface area contributed by atoms with Crippen LogP contribution in [0.15, 0.2) is 182 Å². The normalized spacial score (nSPS) is 22.6. The zero-order valence-electron chi connectivity index (χ0n) is 31.0. The summed E-state index contributed by atoms with van der Waals surface area (Å²) >= 11 is 1.89. The molecule has 4 saturated carbocycles. The Morgan fingerprint density at radius 1 is 0.382 bits per heavy atom. The Balaban J connectivity index is 1.04. The lowest BCUT2D eigenvalue weighted by Crippen LogP contribution is -2.56. The highest BCUT2D eigenvalue weighted by molar-refractivity contribution is 7.26. The highest BCUT2D eigenvalue weighted by Gasteiger charge is 2.58. The van der Waals surface area contributed by atoms with Crippen molar-refractivity contribution in [2.75, 3.05) is 9.80 Å². The molecule has 0 unspecified atom stereocenters. The van der Waals surface area contributed by atoms with E-state index in [1.165, 1.54) is 97.5 Å². The molecule has 0 spiro atoms. The van der Waals surface area contributed by atoms with E-state index in [9.17, 15) is 0 Å². The molecular formula is C52H44N2S. The van der Waals surface area contributed by atoms with Crippen LogP contribution in [0.1, 0.15) is 43.2 Å². The van der Waals surface area contributed by atoms with Crippen molar-refractivity contribution < 1.29 is 0 Å². The molecule has 0 amide bonds. The molecule has 0 saturated heterocycles. The molecule has 4 bridgehead atoms. The molecule has 4 aliphatic rings. The first-order valence-electron chi connectivity index (χ1n) is 20.1. The zero-order chi connectivity index (χ0) is 36.3. The first-order chi connectivity index (χ1) is 27.2. The SMILES string of the molecule is c1ccc(N(c2ccccc2)c2ccc(C3(c4ccc(N(c5ccccc5)c5cccc6sc7ccccc7c56)cc4)C4CC5CC(C4)CC3C5)cc2)cc1. The summed E-state index contributed by atoms with van der Waals surface area (Å²) < 4.78 is 2.66. The Labute approximate surface area is 328 Å². The number of hydrogen-bond donors (Lipinski definition) is 0. The summed E-state index contributed by atoms with van der Waals surface area (Å²) in [5.74, 6) is 3.09. The lowest BCUT2D eigenvalue weighted by molar-refractivity contribution is -0.0418. The van der Waals surface area contributed by atoms with Gasteiger partial charge in [0, 0.05) is 54.0 Å². The van der Waals surface area contributed by atoms with Gasteiger partial charge in [-0.05, 0) is 146 Å². The molecule has 12 rings (SSSR count). The molecule has 4 aliphatic carbocycles. The zero-order valence-corrected chi connectivity index (χ0v) is 31.8. The number of rotatable bonds is 8. The van der Waals surface area contributed by atoms with E-state index in [2.05, 4.69) is 192 Å². The number of fused-ring (bicyclic) bond motifs is 3. The topological polar surface area (TPSA) is 6.48 Å². The van der Waals surface area contributed by atoms with E-state index < -0.39 is 0 Å². The molecule has 1 aromatic heterocycles. The van der Waals surface area contributed by atoms with E-state index in [0.717, 1.165) is 11.8 Å². The summed E-state index contributed by atoms with van der Waals surface area (Å²) in [5, 5.41) is 2.65. The number of para-hydroxylation sites is 3. The summed E-state index contributed by atoms with van der Waals surface area (Å²) in [6.07, 6.45) is 6.83. The minimum Gasteiger partial charge on any atom is -0.311 e. The number of hydrogen-bond acceptors (Lipinski definition) is 3. The third-order valence-corrected chi connectivity index (χ3v) is 14.4. The van der Waals surface area contributed by atoms with Crippen LogP contribution in [0, 0.1) is 23.7 Å². The van der Waals surface area contributed by atoms with Gasteiger partial charge in [0.25, 0.3) is 0 Å². The van der Waals surface area contributed by atoms with Crippen molar-refractivity contribution >= 4 is 65.6 Å². The van der Waals surface area contributed by atoms with Gasteiger partial charge in [-0.1, -0.05) is 103 Å². The van der Waals surface area contributed by atoms with Crippen molar-refractivity contribution in [2.45, 2.75) is 37.5 Å². The number of benzene rings is 7. The second-order valence-electron chi connectivity index (χ2n) is 16.2. The Morgan fingerprint density at radius 2 is 0.818 bits per heavy atom. The van der Waals surface area contributed by atoms with Crippen LogP contribution in [0.4, 0.5) is 34.1 Å². The summed E-state index contributed by atoms with van der Waals surface area (Å²) in [7, 11) is 0. The van der Waals surface area contributed by atoms with E-state index in [1.54, 1.807) is 0 Å². The van der Waals surface area contributed by atoms with Gasteiger partial charge in [-0.15, -0.1) is 11.3 Å². The predicted octanol–water partition coefficient (Wildman–Crippen LogP) is 14.7. The van der Waals surface area contributed by atoms with E-state index in [1.807, 2.05) is 11.3 Å². The Morgan fingerprint density at radius 3 is 1.36 bits per heavy atom. The average Bonchev–Trinajstić information content (AvgIpc) is 3.63. The van der Waals surface area contributed by atoms with E-state index in [-0.39, 0.29) is 5.41 Å². The lowest BCUT2D eigenvalue weighted by Gasteiger charge is -2.62. The fourth-order valence-corrected chi connectivity index (χ4v) is 12.5. The van der Waals surface area contributed by atoms with E-state index >= 15 is 0 Å². The first-order valence-corrected chi connectivity index (χ1v) is 20.9. The Hall–Kier alpha value is -5.64. The van der Waals surface area contributed by atoms with Gasteiger partial charge in [0.1, 0.15) is 0 Å². The molecule has 4 fully saturated rings. The minimum atomic E-state index is 0.00988. The third-order valence-electron chi connectivity index (χ3n) is 13.3. The highest BCUT2D eigenvalue weighted by atomic mass is 32.1. The molecule has 1 heterocycles. The smallest absolute Gasteiger partial charge is 0.0554 e. The standard InChI is InChI=1S/C52H44N2S/c1-4-13-42(14-5-1)53(43-15-6-2-7-16-43)45-27-23-38(24-28-45)52(40-32-36-31-37(34-40)35-41(52)33-36)39-25-29-46(30-26-39)54(44-17-8-3-9-18-44)48-20-12-22-50-51(48)47-19-10-11-21-49(47)55-50/h1-30,36-37,40-41H,31-35H2. The molecule has 0 atom stereocenters. The predicted molar refractivity (Wildman–Crippen MR) is 233 cm³/mol. The van der Waals surface area contributed by atoms with Crippen LogP contribution in [0.2, 0.25) is 0 Å². The summed E-state index contributed by atoms with van der Waals surface area (Å²) in [6.45, 7) is 0. The van der Waals surface area contributed by atoms with Crippen molar-refractivity contribution in [3.8, 4) is 0 Å². The molecule has 7 aromatic carbocycles. The maximum Gasteiger partial charge on any atom is 0.0554 e. The summed E-state index contributed by atoms with van der Waals surface area (Å²) in [6, 6.07) is 67.8. The number of thiophene rings is 1. The average molecular weight is 729 g/mol. The second-order valence-corrected chi connectivity index (χ2v) is 17.3. The maximum absolute atomic E-state index is 2.51. The Kier molecular flexibility index (Phi) is 7.91. The van der Waals surface area contributed by atoms with Crippen molar-refractivity contribution in [3.05, 3.63) is 193 Å². The van der Waals surface area contributed by atoms with Crippen molar-refractivity contribution in [3.63, 3.8) is 0 Å². The quantitative estimate of drug-likeness (QED) is 0.154. The van der Waals surface area contributed by atoms with Crippen LogP contribution >= 0.6 is 11.3 Å². The molecule has 0 N–H and O–H groups in total. The second kappa shape index (κ2) is 13.3. The van der Waals surface area contributed by atoms with Crippen LogP contribution in [-0.4, -0.2) is 0 Å². The van der Waals surface area contributed by atoms with Crippen molar-refractivity contribution in [1.29, 1.82) is 0 Å². The number of anilines is 6. The van der Waals surface area contributed by atoms with E-state index in [0.29, 0.717) is 11.8 Å². The van der Waals surface area contributed by atoms with Crippen molar-refractivity contribution in [1.82, 2.24) is 0 Å². The van der Waals surface area contributed by atoms with Crippen LogP contribution in [-0.2, 0) is 5.41 Å². The fraction of sp³-hybridized carbons (Fsp3) is 0.192. The highest BCUT2D eigenvalue weighted by Crippen LogP contribution is 2.65. The molecule has 0 aliphatic heterocycles. The first kappa shape index (κ1) is 32.8. The molecule has 268 valence electrons. The van der Waals surface area contributed by atoms with Crippen LogP contribution < -0.4 is 9.80 Å². The minimum absolute atomic E-state index is 0.00988. The van der Waals surface area contributed by atoms with E-state index in [4.69, 9.17) is 0 Å².